The standard InChI is InChI=1S/C21H26N2O4/c1-3-4-13-27-19-10-8-16(9-11-19)21(25)23-18-7-5-6-17(15-18)20(24)22-12-14-26-2/h5-11,15H,3-4,12-14H2,1-2H3,(H,22,24)(H,23,25). The number of anilines is 1. The van der Waals surface area contributed by atoms with E-state index in [1.165, 1.54) is 0 Å². The molecule has 0 spiro atoms. The first kappa shape index (κ1) is 20.5. The maximum Gasteiger partial charge on any atom is 0.255 e. The van der Waals surface area contributed by atoms with Crippen LogP contribution < -0.4 is 15.4 Å². The number of benzene rings is 2. The molecule has 6 heteroatoms. The van der Waals surface area contributed by atoms with Gasteiger partial charge in [-0.3, -0.25) is 9.59 Å². The SMILES string of the molecule is CCCCOc1ccc(C(=O)Nc2cccc(C(=O)NCCOC)c2)cc1. The van der Waals surface area contributed by atoms with Crippen LogP contribution in [-0.4, -0.2) is 38.7 Å². The lowest BCUT2D eigenvalue weighted by Crippen LogP contribution is -2.27. The quantitative estimate of drug-likeness (QED) is 0.628. The highest BCUT2D eigenvalue weighted by Crippen LogP contribution is 2.16. The number of hydrogen-bond acceptors (Lipinski definition) is 4. The summed E-state index contributed by atoms with van der Waals surface area (Å²) < 4.78 is 10.5. The van der Waals surface area contributed by atoms with E-state index >= 15 is 0 Å². The minimum absolute atomic E-state index is 0.211. The molecule has 0 saturated carbocycles. The van der Waals surface area contributed by atoms with Crippen LogP contribution in [0.3, 0.4) is 0 Å². The van der Waals surface area contributed by atoms with Gasteiger partial charge in [0.15, 0.2) is 0 Å². The minimum atomic E-state index is -0.243. The second-order valence-electron chi connectivity index (χ2n) is 6.01. The zero-order chi connectivity index (χ0) is 19.5. The van der Waals surface area contributed by atoms with Crippen molar-refractivity contribution in [1.29, 1.82) is 0 Å². The first-order valence-electron chi connectivity index (χ1n) is 9.05. The molecule has 0 bridgehead atoms. The Bertz CT molecular complexity index is 744. The highest BCUT2D eigenvalue weighted by molar-refractivity contribution is 6.05. The van der Waals surface area contributed by atoms with Crippen LogP contribution in [-0.2, 0) is 4.74 Å². The second kappa shape index (κ2) is 11.0. The summed E-state index contributed by atoms with van der Waals surface area (Å²) in [4.78, 5) is 24.5. The van der Waals surface area contributed by atoms with Gasteiger partial charge in [0.25, 0.3) is 11.8 Å². The van der Waals surface area contributed by atoms with Crippen molar-refractivity contribution in [3.8, 4) is 5.75 Å². The van der Waals surface area contributed by atoms with Crippen molar-refractivity contribution >= 4 is 17.5 Å². The van der Waals surface area contributed by atoms with Crippen molar-refractivity contribution in [2.75, 3.05) is 32.2 Å². The van der Waals surface area contributed by atoms with E-state index in [-0.39, 0.29) is 11.8 Å². The smallest absolute Gasteiger partial charge is 0.255 e. The monoisotopic (exact) mass is 370 g/mol. The van der Waals surface area contributed by atoms with E-state index in [9.17, 15) is 9.59 Å². The predicted molar refractivity (Wildman–Crippen MR) is 105 cm³/mol. The molecule has 2 aromatic carbocycles. The molecule has 2 rings (SSSR count). The predicted octanol–water partition coefficient (Wildman–Crippen LogP) is 3.49. The van der Waals surface area contributed by atoms with Crippen molar-refractivity contribution < 1.29 is 19.1 Å². The molecular formula is C21H26N2O4. The number of carbonyl (C=O) groups is 2. The highest BCUT2D eigenvalue weighted by Gasteiger charge is 2.09. The fourth-order valence-electron chi connectivity index (χ4n) is 2.35. The van der Waals surface area contributed by atoms with Crippen molar-refractivity contribution in [2.24, 2.45) is 0 Å². The van der Waals surface area contributed by atoms with Gasteiger partial charge in [0.1, 0.15) is 5.75 Å². The van der Waals surface area contributed by atoms with E-state index in [0.29, 0.717) is 36.6 Å². The number of nitrogens with one attached hydrogen (secondary N) is 2. The Hall–Kier alpha value is -2.86. The molecule has 0 saturated heterocycles. The largest absolute Gasteiger partial charge is 0.494 e. The van der Waals surface area contributed by atoms with Crippen molar-refractivity contribution in [2.45, 2.75) is 19.8 Å². The summed E-state index contributed by atoms with van der Waals surface area (Å²) in [5, 5.41) is 5.56. The molecule has 0 fully saturated rings. The number of amides is 2. The summed E-state index contributed by atoms with van der Waals surface area (Å²) in [6.45, 7) is 3.65. The van der Waals surface area contributed by atoms with Gasteiger partial charge in [-0.05, 0) is 48.9 Å². The van der Waals surface area contributed by atoms with Crippen molar-refractivity contribution in [1.82, 2.24) is 5.32 Å². The molecule has 6 nitrogen and oxygen atoms in total. The molecule has 0 aromatic heterocycles. The van der Waals surface area contributed by atoms with Crippen LogP contribution in [0.2, 0.25) is 0 Å². The van der Waals surface area contributed by atoms with Gasteiger partial charge in [-0.15, -0.1) is 0 Å². The van der Waals surface area contributed by atoms with Crippen LogP contribution >= 0.6 is 0 Å². The Morgan fingerprint density at radius 2 is 1.74 bits per heavy atom. The summed E-state index contributed by atoms with van der Waals surface area (Å²) in [7, 11) is 1.58. The summed E-state index contributed by atoms with van der Waals surface area (Å²) in [6.07, 6.45) is 2.07. The van der Waals surface area contributed by atoms with E-state index in [1.54, 1.807) is 55.6 Å². The lowest BCUT2D eigenvalue weighted by Gasteiger charge is -2.09. The Labute approximate surface area is 159 Å². The van der Waals surface area contributed by atoms with Gasteiger partial charge >= 0.3 is 0 Å². The van der Waals surface area contributed by atoms with E-state index in [4.69, 9.17) is 9.47 Å². The third-order valence-corrected chi connectivity index (χ3v) is 3.86. The minimum Gasteiger partial charge on any atom is -0.494 e. The topological polar surface area (TPSA) is 76.7 Å². The van der Waals surface area contributed by atoms with Gasteiger partial charge in [-0.2, -0.15) is 0 Å². The molecule has 0 unspecified atom stereocenters. The maximum atomic E-state index is 12.4. The molecule has 0 radical (unpaired) electrons. The Morgan fingerprint density at radius 1 is 0.963 bits per heavy atom. The van der Waals surface area contributed by atoms with Crippen LogP contribution in [0.25, 0.3) is 0 Å². The van der Waals surface area contributed by atoms with E-state index in [2.05, 4.69) is 17.6 Å². The summed E-state index contributed by atoms with van der Waals surface area (Å²) in [5.41, 5.74) is 1.55. The lowest BCUT2D eigenvalue weighted by atomic mass is 10.1. The zero-order valence-corrected chi connectivity index (χ0v) is 15.8. The van der Waals surface area contributed by atoms with Crippen LogP contribution in [0, 0.1) is 0 Å². The molecule has 2 aromatic rings. The molecule has 2 amide bonds. The molecular weight excluding hydrogens is 344 g/mol. The maximum absolute atomic E-state index is 12.4. The fourth-order valence-corrected chi connectivity index (χ4v) is 2.35. The molecule has 27 heavy (non-hydrogen) atoms. The average Bonchev–Trinajstić information content (AvgIpc) is 2.69. The Balaban J connectivity index is 1.95. The fraction of sp³-hybridized carbons (Fsp3) is 0.333. The van der Waals surface area contributed by atoms with Crippen molar-refractivity contribution in [3.63, 3.8) is 0 Å². The molecule has 2 N–H and O–H groups in total. The van der Waals surface area contributed by atoms with Crippen LogP contribution in [0.4, 0.5) is 5.69 Å². The van der Waals surface area contributed by atoms with Gasteiger partial charge in [-0.25, -0.2) is 0 Å². The molecule has 0 heterocycles. The number of rotatable bonds is 10. The number of unbranched alkanes of at least 4 members (excludes halogenated alkanes) is 1. The van der Waals surface area contributed by atoms with Gasteiger partial charge in [-0.1, -0.05) is 19.4 Å². The highest BCUT2D eigenvalue weighted by atomic mass is 16.5. The average molecular weight is 370 g/mol. The Kier molecular flexibility index (Phi) is 8.32. The van der Waals surface area contributed by atoms with Gasteiger partial charge in [0.2, 0.25) is 0 Å². The third-order valence-electron chi connectivity index (χ3n) is 3.86. The van der Waals surface area contributed by atoms with Crippen LogP contribution in [0.5, 0.6) is 5.75 Å². The number of hydrogen-bond donors (Lipinski definition) is 2. The first-order valence-corrected chi connectivity index (χ1v) is 9.05. The molecule has 0 atom stereocenters. The van der Waals surface area contributed by atoms with Gasteiger partial charge in [0, 0.05) is 30.5 Å². The normalized spacial score (nSPS) is 10.3. The lowest BCUT2D eigenvalue weighted by molar-refractivity contribution is 0.0936. The van der Waals surface area contributed by atoms with Crippen LogP contribution in [0.15, 0.2) is 48.5 Å². The third kappa shape index (κ3) is 6.75. The van der Waals surface area contributed by atoms with E-state index < -0.39 is 0 Å². The molecule has 144 valence electrons. The molecule has 0 aliphatic heterocycles. The van der Waals surface area contributed by atoms with E-state index in [1.807, 2.05) is 0 Å². The first-order chi connectivity index (χ1) is 13.1. The Morgan fingerprint density at radius 3 is 2.44 bits per heavy atom. The summed E-state index contributed by atoms with van der Waals surface area (Å²) in [6, 6.07) is 13.8. The van der Waals surface area contributed by atoms with Crippen LogP contribution in [0.1, 0.15) is 40.5 Å². The van der Waals surface area contributed by atoms with Gasteiger partial charge in [0.05, 0.1) is 13.2 Å². The molecule has 0 aliphatic carbocycles. The van der Waals surface area contributed by atoms with Gasteiger partial charge < -0.3 is 20.1 Å². The number of methoxy groups -OCH3 is 1. The second-order valence-corrected chi connectivity index (χ2v) is 6.01. The number of carbonyl (C=O) groups excluding carboxylic acids is 2. The molecule has 0 aliphatic rings. The summed E-state index contributed by atoms with van der Waals surface area (Å²) >= 11 is 0. The van der Waals surface area contributed by atoms with E-state index in [0.717, 1.165) is 18.6 Å². The summed E-state index contributed by atoms with van der Waals surface area (Å²) in [5.74, 6) is 0.290. The number of ether oxygens (including phenoxy) is 2. The zero-order valence-electron chi connectivity index (χ0n) is 15.8. The van der Waals surface area contributed by atoms with Crippen molar-refractivity contribution in [3.05, 3.63) is 59.7 Å².